The maximum Gasteiger partial charge on any atom is 0.337 e. The summed E-state index contributed by atoms with van der Waals surface area (Å²) in [7, 11) is 0. The van der Waals surface area contributed by atoms with Crippen LogP contribution in [0.1, 0.15) is 18.1 Å². The van der Waals surface area contributed by atoms with E-state index in [0.29, 0.717) is 6.61 Å². The highest BCUT2D eigenvalue weighted by Gasteiger charge is 2.20. The fourth-order valence-electron chi connectivity index (χ4n) is 2.58. The molecule has 1 atom stereocenters. The van der Waals surface area contributed by atoms with Crippen LogP contribution in [0.2, 0.25) is 0 Å². The first kappa shape index (κ1) is 17.5. The lowest BCUT2D eigenvalue weighted by Crippen LogP contribution is -2.37. The minimum atomic E-state index is -0.945. The molecule has 1 aliphatic rings. The van der Waals surface area contributed by atoms with Crippen LogP contribution in [0.15, 0.2) is 84.6 Å². The summed E-state index contributed by atoms with van der Waals surface area (Å²) < 4.78 is 5.97. The number of carboxylic acid groups (broad SMARTS) is 1. The lowest BCUT2D eigenvalue weighted by Gasteiger charge is -2.26. The van der Waals surface area contributed by atoms with Crippen molar-refractivity contribution in [3.63, 3.8) is 0 Å². The number of hydrogen-bond acceptors (Lipinski definition) is 3. The van der Waals surface area contributed by atoms with Crippen molar-refractivity contribution < 1.29 is 14.6 Å². The van der Waals surface area contributed by atoms with E-state index >= 15 is 0 Å². The summed E-state index contributed by atoms with van der Waals surface area (Å²) in [5.74, 6) is -0.141. The molecule has 2 aromatic carbocycles. The first-order valence-corrected chi connectivity index (χ1v) is 8.41. The van der Waals surface area contributed by atoms with Crippen molar-refractivity contribution in [3.05, 3.63) is 95.7 Å². The Balaban J connectivity index is 1.71. The molecular weight excluding hydrogens is 326 g/mol. The molecular formula is C22H21NO3. The van der Waals surface area contributed by atoms with Gasteiger partial charge in [-0.05, 0) is 24.6 Å². The molecule has 0 saturated carbocycles. The van der Waals surface area contributed by atoms with Crippen molar-refractivity contribution in [1.29, 1.82) is 0 Å². The third kappa shape index (κ3) is 4.42. The van der Waals surface area contributed by atoms with Crippen molar-refractivity contribution >= 4 is 12.0 Å². The number of nitrogens with one attached hydrogen (secondary N) is 1. The van der Waals surface area contributed by atoms with Gasteiger partial charge in [0.05, 0.1) is 11.1 Å². The maximum atomic E-state index is 11.0. The van der Waals surface area contributed by atoms with E-state index in [1.165, 1.54) is 6.20 Å². The number of rotatable bonds is 6. The number of ether oxygens (including phenoxy) is 1. The van der Waals surface area contributed by atoms with Crippen molar-refractivity contribution in [3.8, 4) is 5.75 Å². The van der Waals surface area contributed by atoms with Gasteiger partial charge in [-0.25, -0.2) is 4.79 Å². The maximum absolute atomic E-state index is 11.0. The smallest absolute Gasteiger partial charge is 0.337 e. The van der Waals surface area contributed by atoms with E-state index in [1.807, 2.05) is 79.7 Å². The first-order chi connectivity index (χ1) is 12.6. The van der Waals surface area contributed by atoms with Gasteiger partial charge in [0, 0.05) is 11.8 Å². The Labute approximate surface area is 153 Å². The summed E-state index contributed by atoms with van der Waals surface area (Å²) in [5.41, 5.74) is 1.86. The zero-order valence-electron chi connectivity index (χ0n) is 14.6. The minimum absolute atomic E-state index is 0.238. The summed E-state index contributed by atoms with van der Waals surface area (Å²) in [6.07, 6.45) is 8.94. The fourth-order valence-corrected chi connectivity index (χ4v) is 2.58. The average Bonchev–Trinajstić information content (AvgIpc) is 2.66. The van der Waals surface area contributed by atoms with Crippen molar-refractivity contribution in [1.82, 2.24) is 5.32 Å². The highest BCUT2D eigenvalue weighted by Crippen LogP contribution is 2.23. The summed E-state index contributed by atoms with van der Waals surface area (Å²) in [5, 5.41) is 12.1. The molecule has 2 N–H and O–H groups in total. The van der Waals surface area contributed by atoms with Gasteiger partial charge in [0.15, 0.2) is 0 Å². The first-order valence-electron chi connectivity index (χ1n) is 8.41. The molecule has 0 radical (unpaired) electrons. The monoisotopic (exact) mass is 347 g/mol. The largest absolute Gasteiger partial charge is 0.488 e. The molecule has 1 heterocycles. The van der Waals surface area contributed by atoms with Gasteiger partial charge in [0.25, 0.3) is 0 Å². The third-order valence-electron chi connectivity index (χ3n) is 4.16. The molecule has 0 fully saturated rings. The topological polar surface area (TPSA) is 58.6 Å². The van der Waals surface area contributed by atoms with Crippen LogP contribution in [-0.4, -0.2) is 16.6 Å². The Kier molecular flexibility index (Phi) is 5.23. The number of para-hydroxylation sites is 1. The van der Waals surface area contributed by atoms with Crippen LogP contribution in [0.5, 0.6) is 5.75 Å². The van der Waals surface area contributed by atoms with E-state index < -0.39 is 11.5 Å². The van der Waals surface area contributed by atoms with Gasteiger partial charge in [-0.3, -0.25) is 0 Å². The van der Waals surface area contributed by atoms with Gasteiger partial charge in [-0.1, -0.05) is 66.8 Å². The molecule has 3 rings (SSSR count). The lowest BCUT2D eigenvalue weighted by molar-refractivity contribution is -0.132. The van der Waals surface area contributed by atoms with Gasteiger partial charge < -0.3 is 15.2 Å². The van der Waals surface area contributed by atoms with Gasteiger partial charge >= 0.3 is 5.97 Å². The Morgan fingerprint density at radius 2 is 1.88 bits per heavy atom. The Hall–Kier alpha value is -3.27. The number of aliphatic carboxylic acids is 1. The summed E-state index contributed by atoms with van der Waals surface area (Å²) in [4.78, 5) is 11.0. The summed E-state index contributed by atoms with van der Waals surface area (Å²) in [6, 6.07) is 17.9. The molecule has 1 aliphatic heterocycles. The summed E-state index contributed by atoms with van der Waals surface area (Å²) in [6.45, 7) is 2.48. The van der Waals surface area contributed by atoms with E-state index in [2.05, 4.69) is 5.32 Å². The highest BCUT2D eigenvalue weighted by molar-refractivity contribution is 5.90. The van der Waals surface area contributed by atoms with Crippen LogP contribution >= 0.6 is 0 Å². The molecule has 4 heteroatoms. The fraction of sp³-hybridized carbons (Fsp3) is 0.136. The number of carboxylic acids is 1. The highest BCUT2D eigenvalue weighted by atomic mass is 16.5. The van der Waals surface area contributed by atoms with Crippen molar-refractivity contribution in [2.45, 2.75) is 19.1 Å². The molecule has 0 spiro atoms. The molecule has 2 aromatic rings. The van der Waals surface area contributed by atoms with Crippen LogP contribution in [0.4, 0.5) is 0 Å². The third-order valence-corrected chi connectivity index (χ3v) is 4.16. The molecule has 26 heavy (non-hydrogen) atoms. The van der Waals surface area contributed by atoms with E-state index in [0.717, 1.165) is 16.9 Å². The summed E-state index contributed by atoms with van der Waals surface area (Å²) >= 11 is 0. The standard InChI is InChI=1S/C22H21NO3/c1-22(14-12-19(15-23-22)21(24)25)13-11-18-9-5-6-10-20(18)26-16-17-7-3-2-4-8-17/h2-15,23H,16H2,1H3,(H,24,25)/b13-11+. The Bertz CT molecular complexity index is 868. The van der Waals surface area contributed by atoms with Gasteiger partial charge in [-0.15, -0.1) is 0 Å². The van der Waals surface area contributed by atoms with Gasteiger partial charge in [0.2, 0.25) is 0 Å². The number of hydrogen-bond donors (Lipinski definition) is 2. The van der Waals surface area contributed by atoms with Crippen LogP contribution < -0.4 is 10.1 Å². The molecule has 132 valence electrons. The Morgan fingerprint density at radius 3 is 2.58 bits per heavy atom. The average molecular weight is 347 g/mol. The SMILES string of the molecule is CC1(/C=C/c2ccccc2OCc2ccccc2)C=CC(C(=O)O)=CN1. The molecule has 0 aliphatic carbocycles. The second kappa shape index (κ2) is 7.74. The molecule has 1 unspecified atom stereocenters. The predicted molar refractivity (Wildman–Crippen MR) is 103 cm³/mol. The van der Waals surface area contributed by atoms with Gasteiger partial charge in [0.1, 0.15) is 12.4 Å². The molecule has 0 bridgehead atoms. The van der Waals surface area contributed by atoms with Crippen LogP contribution in [0, 0.1) is 0 Å². The van der Waals surface area contributed by atoms with Crippen molar-refractivity contribution in [2.24, 2.45) is 0 Å². The van der Waals surface area contributed by atoms with E-state index in [4.69, 9.17) is 9.84 Å². The predicted octanol–water partition coefficient (Wildman–Crippen LogP) is 4.17. The minimum Gasteiger partial charge on any atom is -0.488 e. The molecule has 0 saturated heterocycles. The second-order valence-electron chi connectivity index (χ2n) is 6.31. The Morgan fingerprint density at radius 1 is 1.15 bits per heavy atom. The molecule has 0 amide bonds. The quantitative estimate of drug-likeness (QED) is 0.823. The van der Waals surface area contributed by atoms with E-state index in [-0.39, 0.29) is 5.57 Å². The van der Waals surface area contributed by atoms with E-state index in [9.17, 15) is 4.79 Å². The number of dihydropyridines is 1. The number of carbonyl (C=O) groups is 1. The zero-order chi connectivity index (χ0) is 18.4. The molecule has 4 nitrogen and oxygen atoms in total. The lowest BCUT2D eigenvalue weighted by atomic mass is 9.96. The van der Waals surface area contributed by atoms with Crippen LogP contribution in [0.3, 0.4) is 0 Å². The normalized spacial score (nSPS) is 19.0. The van der Waals surface area contributed by atoms with E-state index in [1.54, 1.807) is 6.08 Å². The number of benzene rings is 2. The van der Waals surface area contributed by atoms with Crippen LogP contribution in [0.25, 0.3) is 6.08 Å². The zero-order valence-corrected chi connectivity index (χ0v) is 14.6. The van der Waals surface area contributed by atoms with Crippen LogP contribution in [-0.2, 0) is 11.4 Å². The molecule has 0 aromatic heterocycles. The van der Waals surface area contributed by atoms with Gasteiger partial charge in [-0.2, -0.15) is 0 Å². The van der Waals surface area contributed by atoms with Crippen molar-refractivity contribution in [2.75, 3.05) is 0 Å². The second-order valence-corrected chi connectivity index (χ2v) is 6.31.